The lowest BCUT2D eigenvalue weighted by Gasteiger charge is -2.07. The van der Waals surface area contributed by atoms with Gasteiger partial charge in [0, 0.05) is 6.42 Å². The van der Waals surface area contributed by atoms with Crippen LogP contribution in [0.4, 0.5) is 0 Å². The fourth-order valence-corrected chi connectivity index (χ4v) is 2.66. The average Bonchev–Trinajstić information content (AvgIpc) is 3.08. The van der Waals surface area contributed by atoms with Gasteiger partial charge in [-0.05, 0) is 63.5 Å². The minimum absolute atomic E-state index is 0.195. The molecule has 4 heteroatoms. The highest BCUT2D eigenvalue weighted by atomic mass is 16.4. The third kappa shape index (κ3) is 10.0. The summed E-state index contributed by atoms with van der Waals surface area (Å²) in [5, 5.41) is 18.0. The van der Waals surface area contributed by atoms with Gasteiger partial charge >= 0.3 is 5.97 Å². The maximum atomic E-state index is 10.6. The number of carboxylic acid groups (broad SMARTS) is 1. The van der Waals surface area contributed by atoms with Gasteiger partial charge in [-0.1, -0.05) is 42.4 Å². The molecular weight excluding hydrogens is 328 g/mol. The summed E-state index contributed by atoms with van der Waals surface area (Å²) >= 11 is 0. The summed E-state index contributed by atoms with van der Waals surface area (Å²) in [5.74, 6) is -0.709. The van der Waals surface area contributed by atoms with Gasteiger partial charge in [-0.15, -0.1) is 0 Å². The molecule has 1 aromatic rings. The first-order valence-electron chi connectivity index (χ1n) is 9.30. The summed E-state index contributed by atoms with van der Waals surface area (Å²) in [5.41, 5.74) is 3.54. The third-order valence-corrected chi connectivity index (χ3v) is 4.35. The minimum Gasteiger partial charge on any atom is -0.479 e. The minimum atomic E-state index is -1.30. The number of furan rings is 1. The van der Waals surface area contributed by atoms with Crippen molar-refractivity contribution >= 4 is 5.97 Å². The highest BCUT2D eigenvalue weighted by Gasteiger charge is 2.12. The maximum Gasteiger partial charge on any atom is 0.332 e. The van der Waals surface area contributed by atoms with Gasteiger partial charge in [0.25, 0.3) is 0 Å². The first kappa shape index (κ1) is 22.0. The van der Waals surface area contributed by atoms with E-state index < -0.39 is 12.1 Å². The third-order valence-electron chi connectivity index (χ3n) is 4.35. The van der Waals surface area contributed by atoms with Crippen LogP contribution in [-0.2, 0) is 11.2 Å². The van der Waals surface area contributed by atoms with Crippen molar-refractivity contribution in [3.05, 3.63) is 59.6 Å². The number of hydrogen-bond donors (Lipinski definition) is 2. The first-order valence-corrected chi connectivity index (χ1v) is 9.30. The predicted molar refractivity (Wildman–Crippen MR) is 105 cm³/mol. The number of hydrogen-bond acceptors (Lipinski definition) is 3. The van der Waals surface area contributed by atoms with Crippen LogP contribution >= 0.6 is 0 Å². The monoisotopic (exact) mass is 360 g/mol. The molecule has 26 heavy (non-hydrogen) atoms. The summed E-state index contributed by atoms with van der Waals surface area (Å²) < 4.78 is 5.07. The molecule has 0 fully saturated rings. The van der Waals surface area contributed by atoms with Gasteiger partial charge in [0.05, 0.1) is 12.5 Å². The summed E-state index contributed by atoms with van der Waals surface area (Å²) in [6, 6.07) is 2.01. The Balaban J connectivity index is 2.24. The van der Waals surface area contributed by atoms with Crippen LogP contribution in [0.1, 0.15) is 58.4 Å². The maximum absolute atomic E-state index is 10.6. The van der Waals surface area contributed by atoms with Crippen molar-refractivity contribution < 1.29 is 19.4 Å². The summed E-state index contributed by atoms with van der Waals surface area (Å²) in [4.78, 5) is 10.6. The number of aliphatic hydroxyl groups is 1. The molecular formula is C22H32O4. The Kier molecular flexibility index (Phi) is 10.4. The number of aliphatic carboxylic acids is 1. The molecule has 0 aliphatic heterocycles. The zero-order valence-corrected chi connectivity index (χ0v) is 16.1. The lowest BCUT2D eigenvalue weighted by Crippen LogP contribution is -2.19. The first-order chi connectivity index (χ1) is 12.4. The van der Waals surface area contributed by atoms with Crippen LogP contribution < -0.4 is 0 Å². The molecule has 0 amide bonds. The fourth-order valence-electron chi connectivity index (χ4n) is 2.66. The molecule has 1 heterocycles. The van der Waals surface area contributed by atoms with E-state index in [2.05, 4.69) is 32.1 Å². The van der Waals surface area contributed by atoms with Crippen LogP contribution in [0.2, 0.25) is 0 Å². The zero-order valence-electron chi connectivity index (χ0n) is 16.1. The van der Waals surface area contributed by atoms with E-state index in [0.717, 1.165) is 37.7 Å². The molecule has 1 aromatic heterocycles. The van der Waals surface area contributed by atoms with E-state index in [1.54, 1.807) is 12.5 Å². The Morgan fingerprint density at radius 1 is 1.31 bits per heavy atom. The number of aryl methyl sites for hydroxylation is 1. The smallest absolute Gasteiger partial charge is 0.332 e. The van der Waals surface area contributed by atoms with E-state index in [4.69, 9.17) is 9.52 Å². The van der Waals surface area contributed by atoms with E-state index in [1.807, 2.05) is 19.1 Å². The van der Waals surface area contributed by atoms with Gasteiger partial charge in [0.1, 0.15) is 0 Å². The van der Waals surface area contributed by atoms with Crippen LogP contribution in [0.15, 0.2) is 58.5 Å². The van der Waals surface area contributed by atoms with Crippen molar-refractivity contribution in [3.8, 4) is 0 Å². The Bertz CT molecular complexity index is 608. The molecule has 2 N–H and O–H groups in total. The number of aliphatic hydroxyl groups excluding tert-OH is 1. The van der Waals surface area contributed by atoms with Crippen LogP contribution in [0.3, 0.4) is 0 Å². The summed E-state index contributed by atoms with van der Waals surface area (Å²) in [6.07, 6.45) is 16.1. The van der Waals surface area contributed by atoms with Crippen LogP contribution in [0, 0.1) is 5.92 Å². The Labute approximate surface area is 156 Å². The normalized spacial score (nSPS) is 15.4. The predicted octanol–water partition coefficient (Wildman–Crippen LogP) is 5.30. The molecule has 4 nitrogen and oxygen atoms in total. The average molecular weight is 360 g/mol. The molecule has 0 unspecified atom stereocenters. The van der Waals surface area contributed by atoms with Crippen molar-refractivity contribution in [2.24, 2.45) is 5.92 Å². The van der Waals surface area contributed by atoms with Crippen molar-refractivity contribution in [3.63, 3.8) is 0 Å². The van der Waals surface area contributed by atoms with E-state index in [9.17, 15) is 9.90 Å². The SMILES string of the molecule is C/C(=C/CC[C@H](C)/C=C/C=C(\C)CCCc1ccoc1)C[C@@H](O)C(=O)O. The van der Waals surface area contributed by atoms with Crippen molar-refractivity contribution in [2.45, 2.75) is 65.4 Å². The molecule has 1 rings (SSSR count). The van der Waals surface area contributed by atoms with E-state index >= 15 is 0 Å². The number of allylic oxidation sites excluding steroid dienone is 5. The van der Waals surface area contributed by atoms with Gasteiger partial charge in [0.15, 0.2) is 6.10 Å². The molecule has 0 saturated carbocycles. The number of rotatable bonds is 12. The van der Waals surface area contributed by atoms with Crippen LogP contribution in [0.25, 0.3) is 0 Å². The van der Waals surface area contributed by atoms with E-state index in [0.29, 0.717) is 5.92 Å². The second-order valence-electron chi connectivity index (χ2n) is 7.05. The summed E-state index contributed by atoms with van der Waals surface area (Å²) in [7, 11) is 0. The lowest BCUT2D eigenvalue weighted by atomic mass is 10.0. The van der Waals surface area contributed by atoms with Crippen molar-refractivity contribution in [1.82, 2.24) is 0 Å². The van der Waals surface area contributed by atoms with Crippen LogP contribution in [0.5, 0.6) is 0 Å². The lowest BCUT2D eigenvalue weighted by molar-refractivity contribution is -0.146. The second-order valence-corrected chi connectivity index (χ2v) is 7.05. The molecule has 0 bridgehead atoms. The summed E-state index contributed by atoms with van der Waals surface area (Å²) in [6.45, 7) is 6.19. The quantitative estimate of drug-likeness (QED) is 0.392. The van der Waals surface area contributed by atoms with Crippen molar-refractivity contribution in [2.75, 3.05) is 0 Å². The van der Waals surface area contributed by atoms with Gasteiger partial charge in [-0.3, -0.25) is 0 Å². The van der Waals surface area contributed by atoms with Gasteiger partial charge < -0.3 is 14.6 Å². The fraction of sp³-hybridized carbons (Fsp3) is 0.500. The molecule has 0 aliphatic carbocycles. The zero-order chi connectivity index (χ0) is 19.4. The molecule has 2 atom stereocenters. The highest BCUT2D eigenvalue weighted by Crippen LogP contribution is 2.13. The standard InChI is InChI=1S/C22H32O4/c1-17(9-5-11-19(3)15-21(23)22(24)25)7-4-8-18(2)10-6-12-20-13-14-26-16-20/h4,7-8,11,13-14,16-17,21,23H,5-6,9-10,12,15H2,1-3H3,(H,24,25)/b7-4+,18-8+,19-11-/t17-,21-/m1/s1. The number of carboxylic acids is 1. The molecule has 0 radical (unpaired) electrons. The number of carbonyl (C=O) groups is 1. The topological polar surface area (TPSA) is 70.7 Å². The Hall–Kier alpha value is -2.07. The molecule has 0 spiro atoms. The van der Waals surface area contributed by atoms with Crippen molar-refractivity contribution in [1.29, 1.82) is 0 Å². The second kappa shape index (κ2) is 12.3. The van der Waals surface area contributed by atoms with Crippen LogP contribution in [-0.4, -0.2) is 22.3 Å². The van der Waals surface area contributed by atoms with Gasteiger partial charge in [0.2, 0.25) is 0 Å². The van der Waals surface area contributed by atoms with E-state index in [-0.39, 0.29) is 6.42 Å². The Morgan fingerprint density at radius 2 is 2.08 bits per heavy atom. The van der Waals surface area contributed by atoms with E-state index in [1.165, 1.54) is 11.1 Å². The highest BCUT2D eigenvalue weighted by molar-refractivity contribution is 5.72. The van der Waals surface area contributed by atoms with Gasteiger partial charge in [-0.2, -0.15) is 0 Å². The molecule has 144 valence electrons. The molecule has 0 saturated heterocycles. The molecule has 0 aliphatic rings. The Morgan fingerprint density at radius 3 is 2.73 bits per heavy atom. The molecule has 0 aromatic carbocycles. The largest absolute Gasteiger partial charge is 0.479 e. The van der Waals surface area contributed by atoms with Gasteiger partial charge in [-0.25, -0.2) is 4.79 Å².